The van der Waals surface area contributed by atoms with Crippen LogP contribution >= 0.6 is 15.4 Å². The Labute approximate surface area is 180 Å². The summed E-state index contributed by atoms with van der Waals surface area (Å²) < 4.78 is 39.0. The lowest BCUT2D eigenvalue weighted by Gasteiger charge is -2.20. The third-order valence-corrected chi connectivity index (χ3v) is 7.47. The van der Waals surface area contributed by atoms with Crippen molar-refractivity contribution in [1.29, 1.82) is 0 Å². The molecule has 2 unspecified atom stereocenters. The maximum atomic E-state index is 12.0. The van der Waals surface area contributed by atoms with E-state index >= 15 is 0 Å². The minimum atomic E-state index is -5.13. The van der Waals surface area contributed by atoms with Crippen LogP contribution in [0.15, 0.2) is 17.1 Å². The van der Waals surface area contributed by atoms with E-state index in [-0.39, 0.29) is 23.8 Å². The van der Waals surface area contributed by atoms with Gasteiger partial charge in [0.25, 0.3) is 0 Å². The molecule has 2 rings (SSSR count). The number of nitrogens with two attached hydrogens (primary N) is 1. The Morgan fingerprint density at radius 1 is 1.34 bits per heavy atom. The van der Waals surface area contributed by atoms with Gasteiger partial charge in [-0.25, -0.2) is 18.7 Å². The normalized spacial score (nSPS) is 26.9. The Morgan fingerprint density at radius 2 is 2.00 bits per heavy atom. The van der Waals surface area contributed by atoms with E-state index < -0.39 is 64.3 Å². The molecule has 2 heterocycles. The lowest BCUT2D eigenvalue weighted by molar-refractivity contribution is -0.162. The molecule has 1 aliphatic heterocycles. The molecule has 18 heteroatoms. The lowest BCUT2D eigenvalue weighted by atomic mass is 10.1. The number of rotatable bonds is 10. The molecule has 0 spiro atoms. The van der Waals surface area contributed by atoms with Gasteiger partial charge in [0.2, 0.25) is 5.91 Å². The Balaban J connectivity index is 1.93. The molecule has 182 valence electrons. The number of hydrogen-bond donors (Lipinski definition) is 6. The quantitative estimate of drug-likeness (QED) is 0.120. The standard InChI is InChI=1S/C14H24N4O12P2/c1-8(19)18(23)4-2-6-31(24,25)30-32(26,27)28-7-9-11(20)12(21)13(29-9)17-5-3-10(15)16-14(17)22/h3,5,9,11-13,20-21,23H,2,4,6-7H2,1H3,(H,24,25)(H,26,27)(H2,15,16,22)/t9-,11-,12-,13-/m1/s1. The average molecular weight is 502 g/mol. The largest absolute Gasteiger partial charge is 0.479 e. The highest BCUT2D eigenvalue weighted by atomic mass is 31.3. The number of nitrogens with zero attached hydrogens (tertiary/aromatic N) is 3. The number of carbonyl (C=O) groups excluding carboxylic acids is 1. The molecule has 1 aliphatic rings. The SMILES string of the molecule is CC(=O)N(O)CCCP(=O)(O)OP(=O)(O)OC[C@H]1O[C@@H](n2ccc(N)nc2=O)[C@H](O)[C@@H]1O. The van der Waals surface area contributed by atoms with E-state index in [2.05, 4.69) is 13.8 Å². The van der Waals surface area contributed by atoms with Gasteiger partial charge in [-0.05, 0) is 12.5 Å². The fourth-order valence-electron chi connectivity index (χ4n) is 2.69. The highest BCUT2D eigenvalue weighted by Crippen LogP contribution is 2.60. The van der Waals surface area contributed by atoms with Crippen LogP contribution in [0.1, 0.15) is 19.6 Å². The average Bonchev–Trinajstić information content (AvgIpc) is 2.93. The number of anilines is 1. The van der Waals surface area contributed by atoms with Gasteiger partial charge in [-0.15, -0.1) is 0 Å². The summed E-state index contributed by atoms with van der Waals surface area (Å²) in [5.74, 6) is -0.790. The number of aliphatic hydroxyl groups excluding tert-OH is 2. The number of aliphatic hydroxyl groups is 2. The van der Waals surface area contributed by atoms with E-state index in [4.69, 9.17) is 10.5 Å². The first kappa shape index (κ1) is 26.5. The number of ether oxygens (including phenoxy) is 1. The summed E-state index contributed by atoms with van der Waals surface area (Å²) in [6.45, 7) is -0.110. The Bertz CT molecular complexity index is 973. The zero-order valence-electron chi connectivity index (χ0n) is 16.7. The van der Waals surface area contributed by atoms with Gasteiger partial charge < -0.3 is 30.5 Å². The van der Waals surface area contributed by atoms with Crippen LogP contribution in [0.5, 0.6) is 0 Å². The van der Waals surface area contributed by atoms with Crippen molar-refractivity contribution in [1.82, 2.24) is 14.6 Å². The summed E-state index contributed by atoms with van der Waals surface area (Å²) in [7, 11) is -9.80. The monoisotopic (exact) mass is 502 g/mol. The van der Waals surface area contributed by atoms with Crippen molar-refractivity contribution in [2.75, 3.05) is 25.0 Å². The van der Waals surface area contributed by atoms with Crippen molar-refractivity contribution in [3.05, 3.63) is 22.7 Å². The van der Waals surface area contributed by atoms with E-state index in [0.717, 1.165) is 17.7 Å². The van der Waals surface area contributed by atoms with Crippen molar-refractivity contribution in [2.24, 2.45) is 0 Å². The van der Waals surface area contributed by atoms with Crippen LogP contribution in [0.4, 0.5) is 5.82 Å². The number of hydroxylamine groups is 2. The predicted octanol–water partition coefficient (Wildman–Crippen LogP) is -1.61. The number of hydrogen-bond acceptors (Lipinski definition) is 12. The number of phosphoric ester groups is 1. The molecule has 1 amide bonds. The molecule has 0 radical (unpaired) electrons. The van der Waals surface area contributed by atoms with Gasteiger partial charge in [0.1, 0.15) is 24.1 Å². The molecule has 1 aromatic rings. The second kappa shape index (κ2) is 10.5. The van der Waals surface area contributed by atoms with E-state index in [0.29, 0.717) is 0 Å². The molecule has 0 bridgehead atoms. The minimum Gasteiger partial charge on any atom is -0.387 e. The summed E-state index contributed by atoms with van der Waals surface area (Å²) in [4.78, 5) is 45.6. The zero-order chi connectivity index (χ0) is 24.3. The maximum absolute atomic E-state index is 12.0. The first-order valence-electron chi connectivity index (χ1n) is 9.06. The number of phosphoric acid groups is 1. The molecule has 16 nitrogen and oxygen atoms in total. The molecule has 1 aromatic heterocycles. The fourth-order valence-corrected chi connectivity index (χ4v) is 5.37. The Kier molecular flexibility index (Phi) is 8.69. The summed E-state index contributed by atoms with van der Waals surface area (Å²) >= 11 is 0. The zero-order valence-corrected chi connectivity index (χ0v) is 18.5. The van der Waals surface area contributed by atoms with E-state index in [1.165, 1.54) is 6.07 Å². The van der Waals surface area contributed by atoms with Crippen molar-refractivity contribution in [2.45, 2.75) is 37.9 Å². The van der Waals surface area contributed by atoms with Gasteiger partial charge in [-0.3, -0.25) is 23.7 Å². The second-order valence-corrected chi connectivity index (χ2v) is 10.4. The molecule has 6 atom stereocenters. The molecular weight excluding hydrogens is 478 g/mol. The second-order valence-electron chi connectivity index (χ2n) is 6.79. The van der Waals surface area contributed by atoms with Crippen LogP contribution < -0.4 is 11.4 Å². The van der Waals surface area contributed by atoms with Gasteiger partial charge in [-0.1, -0.05) is 0 Å². The lowest BCUT2D eigenvalue weighted by Crippen LogP contribution is -2.36. The molecule has 1 saturated heterocycles. The molecule has 7 N–H and O–H groups in total. The van der Waals surface area contributed by atoms with Crippen LogP contribution in [0, 0.1) is 0 Å². The van der Waals surface area contributed by atoms with Crippen molar-refractivity contribution in [3.8, 4) is 0 Å². The topological polar surface area (TPSA) is 244 Å². The van der Waals surface area contributed by atoms with E-state index in [9.17, 15) is 43.9 Å². The van der Waals surface area contributed by atoms with Crippen LogP contribution in [-0.2, 0) is 27.5 Å². The highest BCUT2D eigenvalue weighted by Gasteiger charge is 2.45. The Hall–Kier alpha value is -1.71. The number of nitrogen functional groups attached to an aromatic ring is 1. The van der Waals surface area contributed by atoms with Gasteiger partial charge in [-0.2, -0.15) is 4.98 Å². The van der Waals surface area contributed by atoms with E-state index in [1.807, 2.05) is 0 Å². The summed E-state index contributed by atoms with van der Waals surface area (Å²) in [5.41, 5.74) is 4.49. The third-order valence-electron chi connectivity index (χ3n) is 4.27. The predicted molar refractivity (Wildman–Crippen MR) is 104 cm³/mol. The molecular formula is C14H24N4O12P2. The smallest absolute Gasteiger partial charge is 0.387 e. The van der Waals surface area contributed by atoms with Crippen LogP contribution in [-0.4, -0.2) is 83.4 Å². The summed E-state index contributed by atoms with van der Waals surface area (Å²) in [6.07, 6.45) is -5.88. The van der Waals surface area contributed by atoms with Crippen LogP contribution in [0.3, 0.4) is 0 Å². The highest BCUT2D eigenvalue weighted by molar-refractivity contribution is 7.64. The molecule has 0 aromatic carbocycles. The van der Waals surface area contributed by atoms with Crippen molar-refractivity contribution < 1.29 is 52.7 Å². The maximum Gasteiger partial charge on any atom is 0.479 e. The summed E-state index contributed by atoms with van der Waals surface area (Å²) in [6, 6.07) is 1.24. The van der Waals surface area contributed by atoms with Crippen molar-refractivity contribution >= 4 is 27.1 Å². The van der Waals surface area contributed by atoms with Gasteiger partial charge in [0.15, 0.2) is 6.23 Å². The molecule has 0 saturated carbocycles. The fraction of sp³-hybridized carbons (Fsp3) is 0.643. The van der Waals surface area contributed by atoms with Gasteiger partial charge in [0.05, 0.1) is 12.8 Å². The third kappa shape index (κ3) is 7.15. The van der Waals surface area contributed by atoms with Crippen LogP contribution in [0.25, 0.3) is 0 Å². The van der Waals surface area contributed by atoms with E-state index in [1.54, 1.807) is 0 Å². The summed E-state index contributed by atoms with van der Waals surface area (Å²) in [5, 5.41) is 29.7. The first-order chi connectivity index (χ1) is 14.7. The molecule has 0 aliphatic carbocycles. The van der Waals surface area contributed by atoms with Crippen molar-refractivity contribution in [3.63, 3.8) is 0 Å². The first-order valence-corrected chi connectivity index (χ1v) is 12.3. The number of carbonyl (C=O) groups is 1. The van der Waals surface area contributed by atoms with Gasteiger partial charge in [0, 0.05) is 19.7 Å². The minimum absolute atomic E-state index is 0.0843. The number of amides is 1. The number of aromatic nitrogens is 2. The Morgan fingerprint density at radius 3 is 2.59 bits per heavy atom. The van der Waals surface area contributed by atoms with Crippen LogP contribution in [0.2, 0.25) is 0 Å². The van der Waals surface area contributed by atoms with Gasteiger partial charge >= 0.3 is 21.1 Å². The molecule has 1 fully saturated rings. The molecule has 32 heavy (non-hydrogen) atoms.